The van der Waals surface area contributed by atoms with E-state index in [4.69, 9.17) is 11.6 Å². The van der Waals surface area contributed by atoms with E-state index in [0.29, 0.717) is 24.0 Å². The van der Waals surface area contributed by atoms with E-state index in [1.165, 1.54) is 6.42 Å². The number of aromatic nitrogens is 1. The lowest BCUT2D eigenvalue weighted by Crippen LogP contribution is -2.63. The van der Waals surface area contributed by atoms with Crippen molar-refractivity contribution in [2.75, 3.05) is 5.88 Å². The van der Waals surface area contributed by atoms with Crippen molar-refractivity contribution in [3.8, 4) is 0 Å². The Labute approximate surface area is 147 Å². The predicted molar refractivity (Wildman–Crippen MR) is 91.9 cm³/mol. The first-order valence-electron chi connectivity index (χ1n) is 8.83. The van der Waals surface area contributed by atoms with Crippen LogP contribution in [0.1, 0.15) is 55.4 Å². The van der Waals surface area contributed by atoms with Crippen molar-refractivity contribution in [2.24, 2.45) is 17.3 Å². The van der Waals surface area contributed by atoms with Crippen molar-refractivity contribution in [1.29, 1.82) is 0 Å². The summed E-state index contributed by atoms with van der Waals surface area (Å²) >= 11 is 5.72. The van der Waals surface area contributed by atoms with Gasteiger partial charge in [-0.05, 0) is 67.9 Å². The number of pyridine rings is 1. The summed E-state index contributed by atoms with van der Waals surface area (Å²) in [5.41, 5.74) is 0.450. The summed E-state index contributed by atoms with van der Waals surface area (Å²) in [6.07, 6.45) is 8.70. The molecule has 4 bridgehead atoms. The highest BCUT2D eigenvalue weighted by molar-refractivity contribution is 6.27. The SMILES string of the molecule is O=C(CCl)NC12CC3CC(CC(CC(=O)c4ccccn4)(C3)C1)C2. The third-order valence-corrected chi connectivity index (χ3v) is 6.44. The number of halogens is 1. The minimum atomic E-state index is -0.138. The molecular formula is C19H23ClN2O2. The first-order valence-corrected chi connectivity index (χ1v) is 9.36. The minimum absolute atomic E-state index is 0.0109. The zero-order valence-electron chi connectivity index (χ0n) is 13.8. The molecule has 1 heterocycles. The average molecular weight is 347 g/mol. The molecule has 0 radical (unpaired) electrons. The lowest BCUT2D eigenvalue weighted by Gasteiger charge is -2.62. The van der Waals surface area contributed by atoms with E-state index in [-0.39, 0.29) is 28.5 Å². The van der Waals surface area contributed by atoms with E-state index in [1.54, 1.807) is 12.3 Å². The average Bonchev–Trinajstić information content (AvgIpc) is 2.53. The molecule has 0 aliphatic heterocycles. The molecule has 0 aromatic carbocycles. The highest BCUT2D eigenvalue weighted by Crippen LogP contribution is 2.63. The van der Waals surface area contributed by atoms with Crippen LogP contribution < -0.4 is 5.32 Å². The smallest absolute Gasteiger partial charge is 0.235 e. The molecule has 2 atom stereocenters. The third-order valence-electron chi connectivity index (χ3n) is 6.19. The van der Waals surface area contributed by atoms with Gasteiger partial charge in [-0.25, -0.2) is 0 Å². The zero-order valence-corrected chi connectivity index (χ0v) is 14.5. The van der Waals surface area contributed by atoms with Gasteiger partial charge >= 0.3 is 0 Å². The number of ketones is 1. The Morgan fingerprint density at radius 2 is 1.96 bits per heavy atom. The summed E-state index contributed by atoms with van der Waals surface area (Å²) in [5, 5.41) is 3.21. The summed E-state index contributed by atoms with van der Waals surface area (Å²) in [6, 6.07) is 5.49. The maximum Gasteiger partial charge on any atom is 0.235 e. The summed E-state index contributed by atoms with van der Waals surface area (Å²) in [6.45, 7) is 0. The van der Waals surface area contributed by atoms with Gasteiger partial charge < -0.3 is 5.32 Å². The molecule has 4 saturated carbocycles. The second-order valence-electron chi connectivity index (χ2n) is 8.24. The van der Waals surface area contributed by atoms with Gasteiger partial charge in [0, 0.05) is 18.2 Å². The summed E-state index contributed by atoms with van der Waals surface area (Å²) < 4.78 is 0. The van der Waals surface area contributed by atoms with Crippen LogP contribution in [0, 0.1) is 17.3 Å². The molecular weight excluding hydrogens is 324 g/mol. The van der Waals surface area contributed by atoms with Crippen LogP contribution in [0.25, 0.3) is 0 Å². The van der Waals surface area contributed by atoms with Crippen LogP contribution in [0.5, 0.6) is 0 Å². The summed E-state index contributed by atoms with van der Waals surface area (Å²) in [7, 11) is 0. The number of hydrogen-bond acceptors (Lipinski definition) is 3. The summed E-state index contributed by atoms with van der Waals surface area (Å²) in [4.78, 5) is 28.9. The topological polar surface area (TPSA) is 59.1 Å². The number of Topliss-reactive ketones (excluding diaryl/α,β-unsaturated/α-hetero) is 1. The second kappa shape index (κ2) is 5.83. The molecule has 4 aliphatic carbocycles. The number of nitrogens with zero attached hydrogens (tertiary/aromatic N) is 1. The van der Waals surface area contributed by atoms with Gasteiger partial charge in [0.15, 0.2) is 5.78 Å². The maximum atomic E-state index is 12.7. The van der Waals surface area contributed by atoms with E-state index in [0.717, 1.165) is 32.1 Å². The van der Waals surface area contributed by atoms with Crippen LogP contribution >= 0.6 is 11.6 Å². The van der Waals surface area contributed by atoms with Crippen LogP contribution in [-0.4, -0.2) is 28.1 Å². The Morgan fingerprint density at radius 3 is 2.58 bits per heavy atom. The van der Waals surface area contributed by atoms with E-state index in [2.05, 4.69) is 10.3 Å². The zero-order chi connectivity index (χ0) is 16.8. The highest BCUT2D eigenvalue weighted by Gasteiger charge is 2.58. The van der Waals surface area contributed by atoms with Crippen LogP contribution in [0.3, 0.4) is 0 Å². The number of carbonyl (C=O) groups excluding carboxylic acids is 2. The molecule has 24 heavy (non-hydrogen) atoms. The van der Waals surface area contributed by atoms with Gasteiger partial charge in [0.1, 0.15) is 11.6 Å². The van der Waals surface area contributed by atoms with E-state index < -0.39 is 0 Å². The quantitative estimate of drug-likeness (QED) is 0.657. The van der Waals surface area contributed by atoms with E-state index >= 15 is 0 Å². The molecule has 1 aromatic heterocycles. The van der Waals surface area contributed by atoms with Crippen LogP contribution in [0.15, 0.2) is 24.4 Å². The highest BCUT2D eigenvalue weighted by atomic mass is 35.5. The molecule has 1 aromatic rings. The molecule has 4 nitrogen and oxygen atoms in total. The lowest BCUT2D eigenvalue weighted by atomic mass is 9.46. The molecule has 2 unspecified atom stereocenters. The Bertz CT molecular complexity index is 647. The van der Waals surface area contributed by atoms with Crippen molar-refractivity contribution in [3.63, 3.8) is 0 Å². The Morgan fingerprint density at radius 1 is 1.21 bits per heavy atom. The molecule has 4 aliphatic rings. The molecule has 1 amide bonds. The minimum Gasteiger partial charge on any atom is -0.350 e. The van der Waals surface area contributed by atoms with Gasteiger partial charge in [-0.2, -0.15) is 0 Å². The van der Waals surface area contributed by atoms with Gasteiger partial charge in [0.2, 0.25) is 5.91 Å². The fraction of sp³-hybridized carbons (Fsp3) is 0.632. The van der Waals surface area contributed by atoms with Crippen molar-refractivity contribution in [3.05, 3.63) is 30.1 Å². The normalized spacial score (nSPS) is 36.5. The first kappa shape index (κ1) is 16.1. The molecule has 5 rings (SSSR count). The molecule has 0 spiro atoms. The molecule has 4 fully saturated rings. The Balaban J connectivity index is 1.56. The Hall–Kier alpha value is -1.42. The van der Waals surface area contributed by atoms with Gasteiger partial charge in [-0.1, -0.05) is 6.07 Å². The number of nitrogens with one attached hydrogen (secondary N) is 1. The number of carbonyl (C=O) groups is 2. The number of rotatable bonds is 5. The van der Waals surface area contributed by atoms with Crippen molar-refractivity contribution in [2.45, 2.75) is 50.5 Å². The first-order chi connectivity index (χ1) is 11.5. The van der Waals surface area contributed by atoms with E-state index in [1.807, 2.05) is 12.1 Å². The van der Waals surface area contributed by atoms with Gasteiger partial charge in [0.05, 0.1) is 0 Å². The number of amides is 1. The van der Waals surface area contributed by atoms with Gasteiger partial charge in [-0.15, -0.1) is 11.6 Å². The van der Waals surface area contributed by atoms with Gasteiger partial charge in [0.25, 0.3) is 0 Å². The summed E-state index contributed by atoms with van der Waals surface area (Å²) in [5.74, 6) is 1.31. The third kappa shape index (κ3) is 2.85. The van der Waals surface area contributed by atoms with Crippen LogP contribution in [0.4, 0.5) is 0 Å². The molecule has 1 N–H and O–H groups in total. The number of alkyl halides is 1. The monoisotopic (exact) mass is 346 g/mol. The molecule has 0 saturated heterocycles. The van der Waals surface area contributed by atoms with Crippen molar-refractivity contribution < 1.29 is 9.59 Å². The Kier molecular flexibility index (Phi) is 3.91. The predicted octanol–water partition coefficient (Wildman–Crippen LogP) is 3.35. The van der Waals surface area contributed by atoms with Crippen LogP contribution in [0.2, 0.25) is 0 Å². The standard InChI is InChI=1S/C19H23ClN2O2/c20-11-17(24)22-19-8-13-5-14(9-19)7-18(6-13,12-19)10-16(23)15-3-1-2-4-21-15/h1-4,13-14H,5-12H2,(H,22,24). The lowest BCUT2D eigenvalue weighted by molar-refractivity contribution is -0.128. The van der Waals surface area contributed by atoms with E-state index in [9.17, 15) is 9.59 Å². The fourth-order valence-electron chi connectivity index (χ4n) is 6.09. The van der Waals surface area contributed by atoms with Crippen molar-refractivity contribution in [1.82, 2.24) is 10.3 Å². The maximum absolute atomic E-state index is 12.7. The largest absolute Gasteiger partial charge is 0.350 e. The second-order valence-corrected chi connectivity index (χ2v) is 8.51. The number of hydrogen-bond donors (Lipinski definition) is 1. The van der Waals surface area contributed by atoms with Crippen LogP contribution in [-0.2, 0) is 4.79 Å². The molecule has 5 heteroatoms. The molecule has 128 valence electrons. The fourth-order valence-corrected chi connectivity index (χ4v) is 6.16. The van der Waals surface area contributed by atoms with Gasteiger partial charge in [-0.3, -0.25) is 14.6 Å². The van der Waals surface area contributed by atoms with Crippen molar-refractivity contribution >= 4 is 23.3 Å².